The smallest absolute Gasteiger partial charge is 0.307 e. The van der Waals surface area contributed by atoms with E-state index < -0.39 is 34.1 Å². The summed E-state index contributed by atoms with van der Waals surface area (Å²) in [6, 6.07) is 4.04. The lowest BCUT2D eigenvalue weighted by molar-refractivity contribution is -0.387. The van der Waals surface area contributed by atoms with Gasteiger partial charge in [-0.2, -0.15) is 4.39 Å². The topological polar surface area (TPSA) is 85.5 Å². The molecule has 1 atom stereocenters. The van der Waals surface area contributed by atoms with Crippen LogP contribution >= 0.6 is 0 Å². The minimum atomic E-state index is -1.23. The molecule has 1 unspecified atom stereocenters. The van der Waals surface area contributed by atoms with E-state index in [1.165, 1.54) is 19.2 Å². The van der Waals surface area contributed by atoms with Gasteiger partial charge in [0.15, 0.2) is 11.6 Å². The number of pyridine rings is 1. The molecule has 0 spiro atoms. The van der Waals surface area contributed by atoms with E-state index in [0.717, 1.165) is 0 Å². The molecule has 110 valence electrons. The summed E-state index contributed by atoms with van der Waals surface area (Å²) in [5.41, 5.74) is -0.715. The van der Waals surface area contributed by atoms with Crippen LogP contribution < -0.4 is 4.74 Å². The van der Waals surface area contributed by atoms with Crippen molar-refractivity contribution in [2.75, 3.05) is 0 Å². The summed E-state index contributed by atoms with van der Waals surface area (Å²) in [7, 11) is 0. The van der Waals surface area contributed by atoms with Crippen molar-refractivity contribution in [3.63, 3.8) is 0 Å². The van der Waals surface area contributed by atoms with Gasteiger partial charge < -0.3 is 9.84 Å². The first-order chi connectivity index (χ1) is 9.90. The normalized spacial score (nSPS) is 12.0. The molecule has 1 heterocycles. The van der Waals surface area contributed by atoms with Crippen molar-refractivity contribution in [2.24, 2.45) is 0 Å². The van der Waals surface area contributed by atoms with Gasteiger partial charge in [0.25, 0.3) is 0 Å². The van der Waals surface area contributed by atoms with Crippen LogP contribution in [0.3, 0.4) is 0 Å². The van der Waals surface area contributed by atoms with E-state index in [1.54, 1.807) is 6.07 Å². The lowest BCUT2D eigenvalue weighted by Crippen LogP contribution is -2.01. The maximum absolute atomic E-state index is 13.7. The molecule has 0 aliphatic rings. The van der Waals surface area contributed by atoms with Crippen LogP contribution in [0, 0.1) is 21.7 Å². The van der Waals surface area contributed by atoms with E-state index in [-0.39, 0.29) is 11.4 Å². The second-order valence-electron chi connectivity index (χ2n) is 4.17. The second kappa shape index (κ2) is 5.80. The predicted molar refractivity (Wildman–Crippen MR) is 68.0 cm³/mol. The molecule has 21 heavy (non-hydrogen) atoms. The molecule has 8 heteroatoms. The summed E-state index contributed by atoms with van der Waals surface area (Å²) < 4.78 is 32.3. The van der Waals surface area contributed by atoms with Crippen molar-refractivity contribution in [3.8, 4) is 11.6 Å². The summed E-state index contributed by atoms with van der Waals surface area (Å²) in [6.45, 7) is 1.46. The molecule has 2 rings (SSSR count). The Labute approximate surface area is 117 Å². The van der Waals surface area contributed by atoms with Crippen LogP contribution in [0.1, 0.15) is 18.6 Å². The Morgan fingerprint density at radius 2 is 2.10 bits per heavy atom. The summed E-state index contributed by atoms with van der Waals surface area (Å²) in [5.74, 6) is -3.01. The van der Waals surface area contributed by atoms with Crippen molar-refractivity contribution in [1.29, 1.82) is 0 Å². The predicted octanol–water partition coefficient (Wildman–Crippen LogP) is 3.11. The van der Waals surface area contributed by atoms with Gasteiger partial charge in [0.05, 0.1) is 17.1 Å². The number of nitrogens with zero attached hydrogens (tertiary/aromatic N) is 2. The molecule has 0 bridgehead atoms. The van der Waals surface area contributed by atoms with Crippen molar-refractivity contribution < 1.29 is 23.5 Å². The zero-order valence-electron chi connectivity index (χ0n) is 10.8. The molecule has 1 aromatic heterocycles. The van der Waals surface area contributed by atoms with Gasteiger partial charge in [-0.3, -0.25) is 10.1 Å². The van der Waals surface area contributed by atoms with Gasteiger partial charge in [-0.05, 0) is 19.1 Å². The van der Waals surface area contributed by atoms with Gasteiger partial charge in [-0.1, -0.05) is 0 Å². The Hall–Kier alpha value is -2.61. The fourth-order valence-corrected chi connectivity index (χ4v) is 1.65. The number of rotatable bonds is 4. The Balaban J connectivity index is 2.41. The van der Waals surface area contributed by atoms with E-state index in [0.29, 0.717) is 12.1 Å². The minimum absolute atomic E-state index is 0.111. The Kier molecular flexibility index (Phi) is 4.08. The molecule has 0 radical (unpaired) electrons. The van der Waals surface area contributed by atoms with Gasteiger partial charge in [0.2, 0.25) is 11.7 Å². The maximum atomic E-state index is 13.7. The SMILES string of the molecule is CC(O)c1cccnc1Oc1cc(F)c([N+](=O)[O-])cc1F. The first-order valence-corrected chi connectivity index (χ1v) is 5.84. The summed E-state index contributed by atoms with van der Waals surface area (Å²) in [5, 5.41) is 20.0. The lowest BCUT2D eigenvalue weighted by Gasteiger charge is -2.12. The van der Waals surface area contributed by atoms with Crippen LogP contribution in [0.25, 0.3) is 0 Å². The van der Waals surface area contributed by atoms with Crippen LogP contribution in [-0.4, -0.2) is 15.0 Å². The van der Waals surface area contributed by atoms with Gasteiger partial charge >= 0.3 is 5.69 Å². The van der Waals surface area contributed by atoms with Crippen LogP contribution in [0.2, 0.25) is 0 Å². The van der Waals surface area contributed by atoms with E-state index in [4.69, 9.17) is 4.74 Å². The molecule has 0 fully saturated rings. The molecule has 2 aromatic rings. The average molecular weight is 296 g/mol. The molecule has 6 nitrogen and oxygen atoms in total. The van der Waals surface area contributed by atoms with Crippen molar-refractivity contribution >= 4 is 5.69 Å². The highest BCUT2D eigenvalue weighted by Crippen LogP contribution is 2.32. The number of hydrogen-bond acceptors (Lipinski definition) is 5. The summed E-state index contributed by atoms with van der Waals surface area (Å²) >= 11 is 0. The van der Waals surface area contributed by atoms with Crippen LogP contribution in [-0.2, 0) is 0 Å². The molecule has 1 aromatic carbocycles. The highest BCUT2D eigenvalue weighted by Gasteiger charge is 2.21. The third-order valence-corrected chi connectivity index (χ3v) is 2.66. The van der Waals surface area contributed by atoms with Crippen LogP contribution in [0.4, 0.5) is 14.5 Å². The third kappa shape index (κ3) is 3.11. The molecule has 0 saturated carbocycles. The van der Waals surface area contributed by atoms with Crippen LogP contribution in [0.5, 0.6) is 11.6 Å². The van der Waals surface area contributed by atoms with Gasteiger partial charge in [-0.25, -0.2) is 9.37 Å². The molecular formula is C13H10F2N2O4. The number of hydrogen-bond donors (Lipinski definition) is 1. The van der Waals surface area contributed by atoms with E-state index >= 15 is 0 Å². The van der Waals surface area contributed by atoms with Gasteiger partial charge in [-0.15, -0.1) is 0 Å². The molecular weight excluding hydrogens is 286 g/mol. The maximum Gasteiger partial charge on any atom is 0.307 e. The van der Waals surface area contributed by atoms with E-state index in [2.05, 4.69) is 4.98 Å². The number of nitro groups is 1. The summed E-state index contributed by atoms with van der Waals surface area (Å²) in [6.07, 6.45) is 0.417. The Bertz CT molecular complexity index is 692. The van der Waals surface area contributed by atoms with Crippen molar-refractivity contribution in [3.05, 3.63) is 57.8 Å². The molecule has 0 aliphatic heterocycles. The quantitative estimate of drug-likeness (QED) is 0.692. The van der Waals surface area contributed by atoms with Gasteiger partial charge in [0.1, 0.15) is 0 Å². The van der Waals surface area contributed by atoms with Gasteiger partial charge in [0, 0.05) is 17.8 Å². The number of aliphatic hydroxyl groups is 1. The zero-order chi connectivity index (χ0) is 15.6. The molecule has 0 amide bonds. The molecule has 0 aliphatic carbocycles. The van der Waals surface area contributed by atoms with E-state index in [9.17, 15) is 24.0 Å². The monoisotopic (exact) mass is 296 g/mol. The largest absolute Gasteiger partial charge is 0.435 e. The summed E-state index contributed by atoms with van der Waals surface area (Å²) in [4.78, 5) is 13.3. The zero-order valence-corrected chi connectivity index (χ0v) is 10.8. The average Bonchev–Trinajstić information content (AvgIpc) is 2.42. The first-order valence-electron chi connectivity index (χ1n) is 5.84. The third-order valence-electron chi connectivity index (χ3n) is 2.66. The number of nitro benzene ring substituents is 1. The lowest BCUT2D eigenvalue weighted by atomic mass is 10.2. The molecule has 1 N–H and O–H groups in total. The second-order valence-corrected chi connectivity index (χ2v) is 4.17. The number of ether oxygens (including phenoxy) is 1. The van der Waals surface area contributed by atoms with Crippen LogP contribution in [0.15, 0.2) is 30.5 Å². The number of aliphatic hydroxyl groups excluding tert-OH is 1. The van der Waals surface area contributed by atoms with Crippen molar-refractivity contribution in [2.45, 2.75) is 13.0 Å². The number of halogens is 2. The molecule has 0 saturated heterocycles. The first kappa shape index (κ1) is 14.8. The Morgan fingerprint density at radius 3 is 2.71 bits per heavy atom. The highest BCUT2D eigenvalue weighted by molar-refractivity contribution is 5.41. The van der Waals surface area contributed by atoms with Crippen molar-refractivity contribution in [1.82, 2.24) is 4.98 Å². The fraction of sp³-hybridized carbons (Fsp3) is 0.154. The fourth-order valence-electron chi connectivity index (χ4n) is 1.65. The number of aromatic nitrogens is 1. The Morgan fingerprint density at radius 1 is 1.38 bits per heavy atom. The van der Waals surface area contributed by atoms with E-state index in [1.807, 2.05) is 0 Å². The minimum Gasteiger partial charge on any atom is -0.435 e. The number of benzene rings is 1. The standard InChI is InChI=1S/C13H10F2N2O4/c1-7(18)8-3-2-4-16-13(8)21-12-6-9(14)11(17(19)20)5-10(12)15/h2-7,18H,1H3. The highest BCUT2D eigenvalue weighted by atomic mass is 19.1.